The Morgan fingerprint density at radius 1 is 1.23 bits per heavy atom. The first kappa shape index (κ1) is 23.4. The number of carbonyl (C=O) groups is 2. The van der Waals surface area contributed by atoms with Gasteiger partial charge in [0.2, 0.25) is 5.91 Å². The molecular formula is C18H22N2O5S. The number of nitrogens with zero attached hydrogens (tertiary/aromatic N) is 1. The zero-order valence-electron chi connectivity index (χ0n) is 14.9. The summed E-state index contributed by atoms with van der Waals surface area (Å²) in [6, 6.07) is 11.0. The van der Waals surface area contributed by atoms with Crippen LogP contribution in [0.1, 0.15) is 19.4 Å². The summed E-state index contributed by atoms with van der Waals surface area (Å²) in [6.45, 7) is 3.57. The number of nitrogens with one attached hydrogen (secondary N) is 1. The summed E-state index contributed by atoms with van der Waals surface area (Å²) in [4.78, 5) is 40.3. The third-order valence-corrected chi connectivity index (χ3v) is 4.46. The van der Waals surface area contributed by atoms with Gasteiger partial charge in [-0.25, -0.2) is 4.79 Å². The van der Waals surface area contributed by atoms with E-state index in [9.17, 15) is 9.59 Å². The van der Waals surface area contributed by atoms with Gasteiger partial charge in [-0.15, -0.1) is 11.8 Å². The molecule has 1 amide bonds. The standard InChI is InChI=1S/C17H22N2O3S.CO2/c1-12(9-14-7-5-4-6-8-14)16(20)19-15(17(21)22-3)11-23-13(2)10-18;2-1-3/h4-8,12-13,15H,9,11H2,1-3H3,(H,19,20);/t12-,13?,15?;/m0./s1. The number of amides is 1. The SMILES string of the molecule is COC(=O)C(CSC(C)C#N)NC(=O)[C@@H](C)Cc1ccccc1.O=C=O. The fourth-order valence-electron chi connectivity index (χ4n) is 1.96. The number of benzene rings is 1. The van der Waals surface area contributed by atoms with E-state index in [2.05, 4.69) is 11.4 Å². The Bertz CT molecular complexity index is 639. The van der Waals surface area contributed by atoms with Gasteiger partial charge in [0, 0.05) is 11.7 Å². The molecule has 8 heteroatoms. The van der Waals surface area contributed by atoms with Crippen molar-refractivity contribution in [1.29, 1.82) is 5.26 Å². The minimum absolute atomic E-state index is 0.200. The molecule has 0 aliphatic carbocycles. The number of hydrogen-bond donors (Lipinski definition) is 1. The van der Waals surface area contributed by atoms with Crippen LogP contribution >= 0.6 is 11.8 Å². The third kappa shape index (κ3) is 9.62. The predicted molar refractivity (Wildman–Crippen MR) is 95.8 cm³/mol. The predicted octanol–water partition coefficient (Wildman–Crippen LogP) is 1.58. The summed E-state index contributed by atoms with van der Waals surface area (Å²) >= 11 is 1.31. The molecule has 1 aromatic rings. The summed E-state index contributed by atoms with van der Waals surface area (Å²) < 4.78 is 4.73. The lowest BCUT2D eigenvalue weighted by Gasteiger charge is -2.19. The molecule has 3 atom stereocenters. The summed E-state index contributed by atoms with van der Waals surface area (Å²) in [7, 11) is 1.28. The van der Waals surface area contributed by atoms with E-state index in [0.717, 1.165) is 5.56 Å². The normalized spacial score (nSPS) is 12.8. The van der Waals surface area contributed by atoms with Crippen LogP contribution in [-0.2, 0) is 30.3 Å². The van der Waals surface area contributed by atoms with Gasteiger partial charge in [-0.3, -0.25) is 4.79 Å². The van der Waals surface area contributed by atoms with Crippen LogP contribution in [0.5, 0.6) is 0 Å². The van der Waals surface area contributed by atoms with Crippen LogP contribution in [0.15, 0.2) is 30.3 Å². The van der Waals surface area contributed by atoms with Gasteiger partial charge in [0.15, 0.2) is 0 Å². The first-order valence-electron chi connectivity index (χ1n) is 7.82. The minimum atomic E-state index is -0.744. The smallest absolute Gasteiger partial charge is 0.373 e. The molecule has 0 radical (unpaired) electrons. The van der Waals surface area contributed by atoms with Gasteiger partial charge in [-0.2, -0.15) is 14.9 Å². The number of hydrogen-bond acceptors (Lipinski definition) is 7. The van der Waals surface area contributed by atoms with Crippen LogP contribution in [0.3, 0.4) is 0 Å². The van der Waals surface area contributed by atoms with Crippen molar-refractivity contribution in [2.24, 2.45) is 5.92 Å². The van der Waals surface area contributed by atoms with Gasteiger partial charge in [0.25, 0.3) is 0 Å². The molecule has 0 fully saturated rings. The first-order chi connectivity index (χ1) is 12.4. The molecule has 0 aromatic heterocycles. The molecule has 0 saturated heterocycles. The summed E-state index contributed by atoms with van der Waals surface area (Å²) in [5.74, 6) is -0.647. The van der Waals surface area contributed by atoms with E-state index < -0.39 is 12.0 Å². The topological polar surface area (TPSA) is 113 Å². The molecule has 0 heterocycles. The molecular weight excluding hydrogens is 356 g/mol. The highest BCUT2D eigenvalue weighted by Gasteiger charge is 2.25. The van der Waals surface area contributed by atoms with Gasteiger partial charge in [0.05, 0.1) is 18.4 Å². The van der Waals surface area contributed by atoms with Gasteiger partial charge in [0.1, 0.15) is 6.04 Å². The van der Waals surface area contributed by atoms with E-state index in [1.54, 1.807) is 6.92 Å². The second-order valence-electron chi connectivity index (χ2n) is 5.36. The average Bonchev–Trinajstić information content (AvgIpc) is 2.65. The van der Waals surface area contributed by atoms with Crippen molar-refractivity contribution < 1.29 is 23.9 Å². The zero-order valence-corrected chi connectivity index (χ0v) is 15.7. The molecule has 0 saturated carbocycles. The van der Waals surface area contributed by atoms with Crippen LogP contribution in [0.4, 0.5) is 0 Å². The van der Waals surface area contributed by atoms with Crippen molar-refractivity contribution in [2.45, 2.75) is 31.6 Å². The highest BCUT2D eigenvalue weighted by atomic mass is 32.2. The Morgan fingerprint density at radius 3 is 2.31 bits per heavy atom. The van der Waals surface area contributed by atoms with E-state index >= 15 is 0 Å². The fourth-order valence-corrected chi connectivity index (χ4v) is 2.74. The van der Waals surface area contributed by atoms with E-state index in [1.165, 1.54) is 18.9 Å². The molecule has 0 aliphatic rings. The number of ether oxygens (including phenoxy) is 1. The van der Waals surface area contributed by atoms with Crippen LogP contribution in [-0.4, -0.2) is 42.2 Å². The molecule has 0 spiro atoms. The Balaban J connectivity index is 0.00000194. The largest absolute Gasteiger partial charge is 0.467 e. The quantitative estimate of drug-likeness (QED) is 0.683. The number of thioether (sulfide) groups is 1. The molecule has 1 N–H and O–H groups in total. The summed E-state index contributed by atoms with van der Waals surface area (Å²) in [5, 5.41) is 11.3. The molecule has 0 aliphatic heterocycles. The van der Waals surface area contributed by atoms with Crippen molar-refractivity contribution in [3.63, 3.8) is 0 Å². The lowest BCUT2D eigenvalue weighted by atomic mass is 10.0. The average molecular weight is 378 g/mol. The van der Waals surface area contributed by atoms with E-state index in [0.29, 0.717) is 12.2 Å². The number of rotatable bonds is 8. The zero-order chi connectivity index (χ0) is 19.9. The Kier molecular flexibility index (Phi) is 12.3. The highest BCUT2D eigenvalue weighted by molar-refractivity contribution is 8.00. The van der Waals surface area contributed by atoms with Crippen molar-refractivity contribution in [2.75, 3.05) is 12.9 Å². The maximum Gasteiger partial charge on any atom is 0.373 e. The van der Waals surface area contributed by atoms with Crippen molar-refractivity contribution in [3.05, 3.63) is 35.9 Å². The highest BCUT2D eigenvalue weighted by Crippen LogP contribution is 2.13. The Morgan fingerprint density at radius 2 is 1.81 bits per heavy atom. The van der Waals surface area contributed by atoms with Gasteiger partial charge in [-0.05, 0) is 18.9 Å². The molecule has 1 rings (SSSR count). The van der Waals surface area contributed by atoms with E-state index in [-0.39, 0.29) is 23.2 Å². The first-order valence-corrected chi connectivity index (χ1v) is 8.87. The van der Waals surface area contributed by atoms with Crippen molar-refractivity contribution >= 4 is 29.8 Å². The van der Waals surface area contributed by atoms with Crippen LogP contribution in [0.25, 0.3) is 0 Å². The van der Waals surface area contributed by atoms with Gasteiger partial charge in [-0.1, -0.05) is 37.3 Å². The second-order valence-corrected chi connectivity index (χ2v) is 6.74. The maximum absolute atomic E-state index is 12.3. The van der Waals surface area contributed by atoms with E-state index in [1.807, 2.05) is 37.3 Å². The van der Waals surface area contributed by atoms with Crippen LogP contribution in [0, 0.1) is 17.2 Å². The maximum atomic E-state index is 12.3. The van der Waals surface area contributed by atoms with Crippen LogP contribution < -0.4 is 5.32 Å². The molecule has 0 bridgehead atoms. The molecule has 26 heavy (non-hydrogen) atoms. The Labute approximate surface area is 157 Å². The minimum Gasteiger partial charge on any atom is -0.467 e. The summed E-state index contributed by atoms with van der Waals surface area (Å²) in [6.07, 6.45) is 0.850. The molecule has 140 valence electrons. The lowest BCUT2D eigenvalue weighted by Crippen LogP contribution is -2.45. The second kappa shape index (κ2) is 13.6. The van der Waals surface area contributed by atoms with Crippen LogP contribution in [0.2, 0.25) is 0 Å². The molecule has 2 unspecified atom stereocenters. The number of methoxy groups -OCH3 is 1. The Hall–Kier alpha value is -2.62. The number of esters is 1. The summed E-state index contributed by atoms with van der Waals surface area (Å²) in [5.41, 5.74) is 1.07. The number of nitriles is 1. The van der Waals surface area contributed by atoms with E-state index in [4.69, 9.17) is 19.6 Å². The van der Waals surface area contributed by atoms with Crippen molar-refractivity contribution in [1.82, 2.24) is 5.32 Å². The van der Waals surface area contributed by atoms with Gasteiger partial charge < -0.3 is 10.1 Å². The number of carbonyl (C=O) groups excluding carboxylic acids is 4. The lowest BCUT2D eigenvalue weighted by molar-refractivity contribution is -0.191. The van der Waals surface area contributed by atoms with Crippen molar-refractivity contribution in [3.8, 4) is 6.07 Å². The molecule has 1 aromatic carbocycles. The fraction of sp³-hybridized carbons (Fsp3) is 0.444. The third-order valence-electron chi connectivity index (χ3n) is 3.33. The molecule has 7 nitrogen and oxygen atoms in total. The van der Waals surface area contributed by atoms with Gasteiger partial charge >= 0.3 is 12.1 Å². The monoisotopic (exact) mass is 378 g/mol.